The van der Waals surface area contributed by atoms with E-state index in [1.54, 1.807) is 51.1 Å². The van der Waals surface area contributed by atoms with Crippen LogP contribution >= 0.6 is 31.9 Å². The molecular weight excluding hydrogens is 574 g/mol. The summed E-state index contributed by atoms with van der Waals surface area (Å²) < 4.78 is 11.1. The van der Waals surface area contributed by atoms with E-state index < -0.39 is 35.4 Å². The molecule has 0 saturated carbocycles. The van der Waals surface area contributed by atoms with Crippen LogP contribution in [0, 0.1) is 0 Å². The Labute approximate surface area is 214 Å². The van der Waals surface area contributed by atoms with Crippen molar-refractivity contribution in [2.45, 2.75) is 45.3 Å². The molecule has 1 atom stereocenters. The minimum Gasteiger partial charge on any atom is -0.469 e. The number of hydrogen-bond acceptors (Lipinski definition) is 7. The average molecular weight is 599 g/mol. The van der Waals surface area contributed by atoms with E-state index in [4.69, 9.17) is 4.74 Å². The molecule has 0 aliphatic carbocycles. The standard InChI is InChI=1S/C23H25Br2N3O6/c1-23(2,3)34-22(32)28-17(8-9-19(29)33-4)21(31)27-18-12-15(25)14(24)11-13(18)20(30)16-7-5-6-10-26-16/h5-7,10-12,17H,8-9H2,1-4H3,(H,27,31)(H,28,32)/t17-/m1/s1. The maximum atomic E-state index is 13.1. The molecule has 0 aliphatic rings. The monoisotopic (exact) mass is 597 g/mol. The summed E-state index contributed by atoms with van der Waals surface area (Å²) in [5, 5.41) is 5.16. The third-order valence-electron chi connectivity index (χ3n) is 4.33. The molecule has 1 aromatic carbocycles. The van der Waals surface area contributed by atoms with Crippen LogP contribution in [0.25, 0.3) is 0 Å². The van der Waals surface area contributed by atoms with Gasteiger partial charge in [-0.05, 0) is 83.3 Å². The highest BCUT2D eigenvalue weighted by Crippen LogP contribution is 2.31. The van der Waals surface area contributed by atoms with Gasteiger partial charge in [0.15, 0.2) is 0 Å². The normalized spacial score (nSPS) is 11.8. The minimum atomic E-state index is -1.13. The Morgan fingerprint density at radius 2 is 1.76 bits per heavy atom. The van der Waals surface area contributed by atoms with E-state index in [2.05, 4.69) is 52.2 Å². The second-order valence-corrected chi connectivity index (χ2v) is 9.87. The Balaban J connectivity index is 2.33. The number of ketones is 1. The van der Waals surface area contributed by atoms with Crippen molar-refractivity contribution in [3.63, 3.8) is 0 Å². The first kappa shape index (κ1) is 27.5. The summed E-state index contributed by atoms with van der Waals surface area (Å²) >= 11 is 6.74. The van der Waals surface area contributed by atoms with Gasteiger partial charge in [0.2, 0.25) is 11.7 Å². The zero-order valence-corrected chi connectivity index (χ0v) is 22.3. The Morgan fingerprint density at radius 1 is 1.09 bits per heavy atom. The summed E-state index contributed by atoms with van der Waals surface area (Å²) in [4.78, 5) is 54.2. The quantitative estimate of drug-likeness (QED) is 0.335. The summed E-state index contributed by atoms with van der Waals surface area (Å²) in [7, 11) is 1.23. The number of anilines is 1. The molecule has 2 amide bonds. The fraction of sp³-hybridized carbons (Fsp3) is 0.348. The number of esters is 1. The van der Waals surface area contributed by atoms with Gasteiger partial charge in [-0.3, -0.25) is 19.4 Å². The molecule has 2 N–H and O–H groups in total. The van der Waals surface area contributed by atoms with E-state index >= 15 is 0 Å². The number of methoxy groups -OCH3 is 1. The van der Waals surface area contributed by atoms with Gasteiger partial charge in [0.1, 0.15) is 17.3 Å². The lowest BCUT2D eigenvalue weighted by atomic mass is 10.0. The molecule has 2 rings (SSSR count). The molecule has 0 fully saturated rings. The maximum Gasteiger partial charge on any atom is 0.408 e. The van der Waals surface area contributed by atoms with Crippen LogP contribution in [0.2, 0.25) is 0 Å². The molecule has 9 nitrogen and oxygen atoms in total. The van der Waals surface area contributed by atoms with Crippen LogP contribution < -0.4 is 10.6 Å². The predicted octanol–water partition coefficient (Wildman–Crippen LogP) is 4.62. The topological polar surface area (TPSA) is 124 Å². The number of halogens is 2. The van der Waals surface area contributed by atoms with Crippen molar-refractivity contribution < 1.29 is 28.7 Å². The summed E-state index contributed by atoms with van der Waals surface area (Å²) in [5.74, 6) is -1.59. The van der Waals surface area contributed by atoms with E-state index in [1.165, 1.54) is 13.3 Å². The third kappa shape index (κ3) is 8.21. The first-order valence-corrected chi connectivity index (χ1v) is 11.8. The Kier molecular flexibility index (Phi) is 9.75. The van der Waals surface area contributed by atoms with E-state index in [0.29, 0.717) is 8.95 Å². The highest BCUT2D eigenvalue weighted by molar-refractivity contribution is 9.13. The lowest BCUT2D eigenvalue weighted by molar-refractivity contribution is -0.140. The number of rotatable bonds is 8. The van der Waals surface area contributed by atoms with Crippen LogP contribution in [0.4, 0.5) is 10.5 Å². The van der Waals surface area contributed by atoms with Gasteiger partial charge < -0.3 is 20.1 Å². The summed E-state index contributed by atoms with van der Waals surface area (Å²) in [6.07, 6.45) is 0.513. The zero-order chi connectivity index (χ0) is 25.5. The molecule has 0 saturated heterocycles. The van der Waals surface area contributed by atoms with Gasteiger partial charge in [-0.1, -0.05) is 6.07 Å². The van der Waals surface area contributed by atoms with E-state index in [9.17, 15) is 19.2 Å². The van der Waals surface area contributed by atoms with Crippen molar-refractivity contribution in [1.82, 2.24) is 10.3 Å². The minimum absolute atomic E-state index is 0.0427. The highest BCUT2D eigenvalue weighted by Gasteiger charge is 2.27. The largest absolute Gasteiger partial charge is 0.469 e. The molecule has 1 aromatic heterocycles. The summed E-state index contributed by atoms with van der Waals surface area (Å²) in [6, 6.07) is 6.91. The van der Waals surface area contributed by atoms with Crippen LogP contribution in [0.1, 0.15) is 49.7 Å². The van der Waals surface area contributed by atoms with Gasteiger partial charge in [-0.2, -0.15) is 0 Å². The smallest absolute Gasteiger partial charge is 0.408 e. The maximum absolute atomic E-state index is 13.1. The number of carbonyl (C=O) groups excluding carboxylic acids is 4. The third-order valence-corrected chi connectivity index (χ3v) is 6.18. The molecule has 2 aromatic rings. The van der Waals surface area contributed by atoms with Crippen LogP contribution in [-0.4, -0.2) is 47.5 Å². The number of benzene rings is 1. The molecule has 34 heavy (non-hydrogen) atoms. The second-order valence-electron chi connectivity index (χ2n) is 8.16. The lowest BCUT2D eigenvalue weighted by Crippen LogP contribution is -2.46. The van der Waals surface area contributed by atoms with Gasteiger partial charge in [-0.25, -0.2) is 4.79 Å². The van der Waals surface area contributed by atoms with Gasteiger partial charge in [0.25, 0.3) is 0 Å². The van der Waals surface area contributed by atoms with E-state index in [-0.39, 0.29) is 29.8 Å². The molecule has 0 unspecified atom stereocenters. The first-order chi connectivity index (χ1) is 15.9. The van der Waals surface area contributed by atoms with Crippen LogP contribution in [0.5, 0.6) is 0 Å². The van der Waals surface area contributed by atoms with Crippen LogP contribution in [0.15, 0.2) is 45.5 Å². The van der Waals surface area contributed by atoms with Crippen LogP contribution in [0.3, 0.4) is 0 Å². The Bertz CT molecular complexity index is 1070. The molecule has 0 aliphatic heterocycles. The number of alkyl carbamates (subject to hydrolysis) is 1. The number of hydrogen-bond donors (Lipinski definition) is 2. The van der Waals surface area contributed by atoms with Gasteiger partial charge in [0.05, 0.1) is 12.8 Å². The molecule has 0 spiro atoms. The number of nitrogens with zero attached hydrogens (tertiary/aromatic N) is 1. The first-order valence-electron chi connectivity index (χ1n) is 10.2. The van der Waals surface area contributed by atoms with Crippen molar-refractivity contribution in [3.05, 3.63) is 56.7 Å². The number of nitrogens with one attached hydrogen (secondary N) is 2. The summed E-state index contributed by atoms with van der Waals surface area (Å²) in [6.45, 7) is 5.06. The SMILES string of the molecule is COC(=O)CC[C@@H](NC(=O)OC(C)(C)C)C(=O)Nc1cc(Br)c(Br)cc1C(=O)c1ccccn1. The lowest BCUT2D eigenvalue weighted by Gasteiger charge is -2.23. The molecule has 0 bridgehead atoms. The number of ether oxygens (including phenoxy) is 2. The number of aromatic nitrogens is 1. The number of carbonyl (C=O) groups is 4. The second kappa shape index (κ2) is 12.1. The van der Waals surface area contributed by atoms with E-state index in [0.717, 1.165) is 0 Å². The fourth-order valence-electron chi connectivity index (χ4n) is 2.78. The zero-order valence-electron chi connectivity index (χ0n) is 19.1. The number of amides is 2. The van der Waals surface area contributed by atoms with Crippen LogP contribution in [-0.2, 0) is 19.1 Å². The molecule has 1 heterocycles. The molecule has 182 valence electrons. The average Bonchev–Trinajstić information content (AvgIpc) is 2.77. The molecule has 0 radical (unpaired) electrons. The number of pyridine rings is 1. The highest BCUT2D eigenvalue weighted by atomic mass is 79.9. The Hall–Kier alpha value is -2.79. The molecule has 11 heteroatoms. The fourth-order valence-corrected chi connectivity index (χ4v) is 3.46. The van der Waals surface area contributed by atoms with E-state index in [1.807, 2.05) is 0 Å². The van der Waals surface area contributed by atoms with Crippen molar-refractivity contribution in [1.29, 1.82) is 0 Å². The van der Waals surface area contributed by atoms with Gasteiger partial charge in [0, 0.05) is 27.1 Å². The van der Waals surface area contributed by atoms with Gasteiger partial charge >= 0.3 is 12.1 Å². The van der Waals surface area contributed by atoms with Crippen molar-refractivity contribution in [3.8, 4) is 0 Å². The van der Waals surface area contributed by atoms with Crippen molar-refractivity contribution >= 4 is 61.3 Å². The Morgan fingerprint density at radius 3 is 2.35 bits per heavy atom. The van der Waals surface area contributed by atoms with Gasteiger partial charge in [-0.15, -0.1) is 0 Å². The predicted molar refractivity (Wildman–Crippen MR) is 133 cm³/mol. The van der Waals surface area contributed by atoms with Crippen molar-refractivity contribution in [2.24, 2.45) is 0 Å². The summed E-state index contributed by atoms with van der Waals surface area (Å²) in [5.41, 5.74) is -0.205. The molecular formula is C23H25Br2N3O6. The van der Waals surface area contributed by atoms with Crippen molar-refractivity contribution in [2.75, 3.05) is 12.4 Å².